The number of rotatable bonds is 6. The van der Waals surface area contributed by atoms with Crippen LogP contribution in [-0.2, 0) is 14.6 Å². The van der Waals surface area contributed by atoms with Gasteiger partial charge in [0.05, 0.1) is 34.9 Å². The predicted octanol–water partition coefficient (Wildman–Crippen LogP) is 3.53. The molecule has 3 aromatic rings. The van der Waals surface area contributed by atoms with E-state index >= 15 is 0 Å². The van der Waals surface area contributed by atoms with Crippen LogP contribution < -0.4 is 9.64 Å². The van der Waals surface area contributed by atoms with Gasteiger partial charge in [0.15, 0.2) is 15.0 Å². The van der Waals surface area contributed by atoms with Crippen molar-refractivity contribution in [3.63, 3.8) is 0 Å². The van der Waals surface area contributed by atoms with Crippen molar-refractivity contribution in [2.24, 2.45) is 0 Å². The summed E-state index contributed by atoms with van der Waals surface area (Å²) < 4.78 is 35.8. The van der Waals surface area contributed by atoms with Crippen LogP contribution in [0.5, 0.6) is 5.75 Å². The fraction of sp³-hybridized carbons (Fsp3) is 0.333. The SMILES string of the molecule is COc1ccc2nc(N(CC3CCCO3)C(=O)c3cccc(S(C)(=O)=O)c3)sc2c1. The van der Waals surface area contributed by atoms with Crippen molar-refractivity contribution >= 4 is 42.4 Å². The highest BCUT2D eigenvalue weighted by atomic mass is 32.2. The highest BCUT2D eigenvalue weighted by Crippen LogP contribution is 2.33. The van der Waals surface area contributed by atoms with Gasteiger partial charge in [-0.1, -0.05) is 17.4 Å². The molecule has 1 unspecified atom stereocenters. The summed E-state index contributed by atoms with van der Waals surface area (Å²) in [6.07, 6.45) is 2.87. The smallest absolute Gasteiger partial charge is 0.260 e. The fourth-order valence-corrected chi connectivity index (χ4v) is 5.06. The lowest BCUT2D eigenvalue weighted by molar-refractivity contribution is 0.0917. The first-order chi connectivity index (χ1) is 14.3. The molecule has 9 heteroatoms. The van der Waals surface area contributed by atoms with E-state index in [-0.39, 0.29) is 16.9 Å². The van der Waals surface area contributed by atoms with Crippen LogP contribution in [0, 0.1) is 0 Å². The lowest BCUT2D eigenvalue weighted by atomic mass is 10.2. The van der Waals surface area contributed by atoms with E-state index in [1.165, 1.54) is 23.5 Å². The molecular formula is C21H22N2O5S2. The van der Waals surface area contributed by atoms with Gasteiger partial charge in [-0.25, -0.2) is 13.4 Å². The molecule has 1 amide bonds. The largest absolute Gasteiger partial charge is 0.497 e. The number of anilines is 1. The standard InChI is InChI=1S/C21H22N2O5S2/c1-27-15-8-9-18-19(12-15)29-21(22-18)23(13-16-6-4-10-28-16)20(24)14-5-3-7-17(11-14)30(2,25)26/h3,5,7-9,11-12,16H,4,6,10,13H2,1-2H3. The van der Waals surface area contributed by atoms with Crippen LogP contribution in [0.4, 0.5) is 5.13 Å². The minimum atomic E-state index is -3.42. The quantitative estimate of drug-likeness (QED) is 0.576. The lowest BCUT2D eigenvalue weighted by Crippen LogP contribution is -2.37. The molecule has 30 heavy (non-hydrogen) atoms. The van der Waals surface area contributed by atoms with Gasteiger partial charge in [0.1, 0.15) is 5.75 Å². The minimum absolute atomic E-state index is 0.0754. The molecule has 2 aromatic carbocycles. The zero-order valence-corrected chi connectivity index (χ0v) is 18.3. The van der Waals surface area contributed by atoms with Gasteiger partial charge in [-0.2, -0.15) is 0 Å². The average molecular weight is 447 g/mol. The Morgan fingerprint density at radius 2 is 2.13 bits per heavy atom. The number of aromatic nitrogens is 1. The second-order valence-electron chi connectivity index (χ2n) is 7.18. The first kappa shape index (κ1) is 20.8. The molecule has 0 bridgehead atoms. The van der Waals surface area contributed by atoms with Gasteiger partial charge < -0.3 is 9.47 Å². The molecule has 0 aliphatic carbocycles. The van der Waals surface area contributed by atoms with Crippen LogP contribution in [0.3, 0.4) is 0 Å². The molecular weight excluding hydrogens is 424 g/mol. The van der Waals surface area contributed by atoms with E-state index in [4.69, 9.17) is 9.47 Å². The lowest BCUT2D eigenvalue weighted by Gasteiger charge is -2.23. The molecule has 1 aliphatic heterocycles. The van der Waals surface area contributed by atoms with Crippen LogP contribution in [0.2, 0.25) is 0 Å². The monoisotopic (exact) mass is 446 g/mol. The minimum Gasteiger partial charge on any atom is -0.497 e. The van der Waals surface area contributed by atoms with E-state index in [9.17, 15) is 13.2 Å². The highest BCUT2D eigenvalue weighted by Gasteiger charge is 2.27. The maximum atomic E-state index is 13.4. The molecule has 1 aliphatic rings. The van der Waals surface area contributed by atoms with Crippen LogP contribution in [0.25, 0.3) is 10.2 Å². The Kier molecular flexibility index (Phi) is 5.77. The first-order valence-corrected chi connectivity index (χ1v) is 12.2. The fourth-order valence-electron chi connectivity index (χ4n) is 3.39. The summed E-state index contributed by atoms with van der Waals surface area (Å²) in [7, 11) is -1.82. The number of hydrogen-bond acceptors (Lipinski definition) is 7. The topological polar surface area (TPSA) is 85.8 Å². The molecule has 1 saturated heterocycles. The molecule has 158 valence electrons. The van der Waals surface area contributed by atoms with Gasteiger partial charge >= 0.3 is 0 Å². The van der Waals surface area contributed by atoms with E-state index < -0.39 is 9.84 Å². The second kappa shape index (κ2) is 8.33. The first-order valence-electron chi connectivity index (χ1n) is 9.53. The van der Waals surface area contributed by atoms with Crippen molar-refractivity contribution in [1.82, 2.24) is 4.98 Å². The van der Waals surface area contributed by atoms with E-state index in [1.54, 1.807) is 24.1 Å². The maximum absolute atomic E-state index is 13.4. The maximum Gasteiger partial charge on any atom is 0.260 e. The summed E-state index contributed by atoms with van der Waals surface area (Å²) in [5, 5.41) is 0.545. The zero-order valence-electron chi connectivity index (χ0n) is 16.7. The van der Waals surface area contributed by atoms with Gasteiger partial charge in [-0.15, -0.1) is 0 Å². The van der Waals surface area contributed by atoms with Gasteiger partial charge in [0.2, 0.25) is 0 Å². The third-order valence-corrected chi connectivity index (χ3v) is 7.13. The number of fused-ring (bicyclic) bond motifs is 1. The van der Waals surface area contributed by atoms with Crippen molar-refractivity contribution < 1.29 is 22.7 Å². The molecule has 0 saturated carbocycles. The molecule has 1 atom stereocenters. The number of carbonyl (C=O) groups excluding carboxylic acids is 1. The van der Waals surface area contributed by atoms with E-state index in [0.29, 0.717) is 23.8 Å². The molecule has 4 rings (SSSR count). The summed E-state index contributed by atoms with van der Waals surface area (Å²) in [4.78, 5) is 19.8. The van der Waals surface area contributed by atoms with Crippen molar-refractivity contribution in [3.8, 4) is 5.75 Å². The Morgan fingerprint density at radius 1 is 1.30 bits per heavy atom. The normalized spacial score (nSPS) is 16.7. The summed E-state index contributed by atoms with van der Waals surface area (Å²) in [5.41, 5.74) is 1.07. The van der Waals surface area contributed by atoms with E-state index in [1.807, 2.05) is 18.2 Å². The molecule has 7 nitrogen and oxygen atoms in total. The number of carbonyl (C=O) groups is 1. The van der Waals surface area contributed by atoms with Crippen LogP contribution >= 0.6 is 11.3 Å². The molecule has 0 N–H and O–H groups in total. The van der Waals surface area contributed by atoms with Gasteiger partial charge in [0, 0.05) is 18.4 Å². The number of nitrogens with zero attached hydrogens (tertiary/aromatic N) is 2. The van der Waals surface area contributed by atoms with Crippen molar-refractivity contribution in [2.75, 3.05) is 31.4 Å². The van der Waals surface area contributed by atoms with Crippen LogP contribution in [0.15, 0.2) is 47.4 Å². The third-order valence-electron chi connectivity index (χ3n) is 4.98. The molecule has 2 heterocycles. The summed E-state index contributed by atoms with van der Waals surface area (Å²) in [5.74, 6) is 0.414. The predicted molar refractivity (Wildman–Crippen MR) is 116 cm³/mol. The van der Waals surface area contributed by atoms with Gasteiger partial charge in [-0.05, 0) is 49.2 Å². The summed E-state index contributed by atoms with van der Waals surface area (Å²) in [6, 6.07) is 11.7. The Labute approximate surface area is 179 Å². The van der Waals surface area contributed by atoms with Gasteiger partial charge in [-0.3, -0.25) is 9.69 Å². The van der Waals surface area contributed by atoms with Crippen molar-refractivity contribution in [2.45, 2.75) is 23.8 Å². The number of thiazole rings is 1. The number of ether oxygens (including phenoxy) is 2. The summed E-state index contributed by atoms with van der Waals surface area (Å²) >= 11 is 1.39. The van der Waals surface area contributed by atoms with Crippen LogP contribution in [0.1, 0.15) is 23.2 Å². The number of amides is 1. The Balaban J connectivity index is 1.73. The second-order valence-corrected chi connectivity index (χ2v) is 10.2. The third kappa shape index (κ3) is 4.33. The van der Waals surface area contributed by atoms with E-state index in [0.717, 1.165) is 35.1 Å². The molecule has 0 radical (unpaired) electrons. The molecule has 1 aromatic heterocycles. The Hall–Kier alpha value is -2.49. The number of benzene rings is 2. The number of methoxy groups -OCH3 is 1. The molecule has 0 spiro atoms. The summed E-state index contributed by atoms with van der Waals surface area (Å²) in [6.45, 7) is 1.03. The van der Waals surface area contributed by atoms with Gasteiger partial charge in [0.25, 0.3) is 5.91 Å². The molecule has 1 fully saturated rings. The zero-order chi connectivity index (χ0) is 21.3. The van der Waals surface area contributed by atoms with Crippen molar-refractivity contribution in [3.05, 3.63) is 48.0 Å². The Morgan fingerprint density at radius 3 is 2.83 bits per heavy atom. The Bertz CT molecular complexity index is 1180. The number of sulfone groups is 1. The highest BCUT2D eigenvalue weighted by molar-refractivity contribution is 7.90. The van der Waals surface area contributed by atoms with E-state index in [2.05, 4.69) is 4.98 Å². The van der Waals surface area contributed by atoms with Crippen LogP contribution in [-0.4, -0.2) is 51.9 Å². The average Bonchev–Trinajstić information content (AvgIpc) is 3.39. The number of hydrogen-bond donors (Lipinski definition) is 0. The van der Waals surface area contributed by atoms with Crippen molar-refractivity contribution in [1.29, 1.82) is 0 Å².